The Bertz CT molecular complexity index is 563. The van der Waals surface area contributed by atoms with E-state index in [-0.39, 0.29) is 24.0 Å². The number of anilines is 1. The molecule has 2 aliphatic rings. The van der Waals surface area contributed by atoms with Crippen LogP contribution < -0.4 is 39.6 Å². The number of hydrogen-bond acceptors (Lipinski definition) is 4. The van der Waals surface area contributed by atoms with Crippen LogP contribution in [0.2, 0.25) is 0 Å². The molecular formula is C15H18IN4. The van der Waals surface area contributed by atoms with Gasteiger partial charge in [0.1, 0.15) is 11.9 Å². The molecule has 0 spiro atoms. The van der Waals surface area contributed by atoms with Crippen LogP contribution in [0.3, 0.4) is 0 Å². The van der Waals surface area contributed by atoms with Crippen molar-refractivity contribution in [3.8, 4) is 0 Å². The van der Waals surface area contributed by atoms with Crippen LogP contribution in [0, 0.1) is 0 Å². The highest BCUT2D eigenvalue weighted by molar-refractivity contribution is 5.90. The number of aliphatic imine (C=N–C) groups is 2. The van der Waals surface area contributed by atoms with E-state index in [1.54, 1.807) is 6.21 Å². The van der Waals surface area contributed by atoms with E-state index >= 15 is 0 Å². The second-order valence-electron chi connectivity index (χ2n) is 4.88. The molecule has 5 heteroatoms. The van der Waals surface area contributed by atoms with Crippen molar-refractivity contribution in [1.29, 1.82) is 0 Å². The highest BCUT2D eigenvalue weighted by Crippen LogP contribution is 2.27. The monoisotopic (exact) mass is 381 g/mol. The summed E-state index contributed by atoms with van der Waals surface area (Å²) in [6.45, 7) is 2.20. The number of halogens is 1. The molecule has 1 radical (unpaired) electrons. The molecule has 1 aromatic carbocycles. The molecule has 0 fully saturated rings. The zero-order valence-electron chi connectivity index (χ0n) is 11.3. The number of rotatable bonds is 4. The molecule has 0 amide bonds. The molecule has 0 unspecified atom stereocenters. The maximum absolute atomic E-state index is 5.58. The minimum absolute atomic E-state index is 0. The lowest BCUT2D eigenvalue weighted by Gasteiger charge is -2.18. The molecule has 1 aromatic rings. The lowest BCUT2D eigenvalue weighted by Crippen LogP contribution is -3.00. The third-order valence-corrected chi connectivity index (χ3v) is 3.58. The predicted molar refractivity (Wildman–Crippen MR) is 79.5 cm³/mol. The van der Waals surface area contributed by atoms with E-state index in [2.05, 4.69) is 39.2 Å². The summed E-state index contributed by atoms with van der Waals surface area (Å²) >= 11 is 0. The number of para-hydroxylation sites is 1. The quantitative estimate of drug-likeness (QED) is 0.643. The molecule has 2 N–H and O–H groups in total. The average Bonchev–Trinajstić information content (AvgIpc) is 2.83. The third kappa shape index (κ3) is 3.39. The fourth-order valence-electron chi connectivity index (χ4n) is 2.64. The minimum Gasteiger partial charge on any atom is -1.00 e. The first kappa shape index (κ1) is 15.0. The van der Waals surface area contributed by atoms with Crippen molar-refractivity contribution in [3.05, 3.63) is 41.6 Å². The van der Waals surface area contributed by atoms with Gasteiger partial charge in [-0.2, -0.15) is 0 Å². The zero-order chi connectivity index (χ0) is 13.1. The molecule has 0 saturated heterocycles. The molecule has 0 aromatic heterocycles. The van der Waals surface area contributed by atoms with Crippen LogP contribution in [-0.2, 0) is 6.42 Å². The Morgan fingerprint density at radius 3 is 3.00 bits per heavy atom. The van der Waals surface area contributed by atoms with Gasteiger partial charge in [-0.3, -0.25) is 5.73 Å². The molecule has 0 bridgehead atoms. The van der Waals surface area contributed by atoms with E-state index < -0.39 is 0 Å². The van der Waals surface area contributed by atoms with Gasteiger partial charge in [0, 0.05) is 31.3 Å². The van der Waals surface area contributed by atoms with Crippen LogP contribution in [0.25, 0.3) is 0 Å². The Hall–Kier alpha value is -1.37. The van der Waals surface area contributed by atoms with Crippen LogP contribution in [0.15, 0.2) is 41.0 Å². The maximum atomic E-state index is 5.58. The average molecular weight is 381 g/mol. The van der Waals surface area contributed by atoms with E-state index in [0.717, 1.165) is 38.0 Å². The van der Waals surface area contributed by atoms with Crippen LogP contribution in [0.4, 0.5) is 5.69 Å². The smallest absolute Gasteiger partial charge is 0.423 e. The number of benzene rings is 1. The van der Waals surface area contributed by atoms with Crippen molar-refractivity contribution in [2.75, 3.05) is 18.0 Å². The molecule has 2 heterocycles. The zero-order valence-corrected chi connectivity index (χ0v) is 13.5. The van der Waals surface area contributed by atoms with Crippen molar-refractivity contribution in [2.45, 2.75) is 19.3 Å². The Kier molecular flexibility index (Phi) is 5.17. The van der Waals surface area contributed by atoms with Gasteiger partial charge < -0.3 is 28.9 Å². The van der Waals surface area contributed by atoms with Gasteiger partial charge >= 0.3 is 5.96 Å². The largest absolute Gasteiger partial charge is 1.00 e. The second kappa shape index (κ2) is 6.88. The number of hydrogen-bond donors (Lipinski definition) is 1. The van der Waals surface area contributed by atoms with Crippen LogP contribution >= 0.6 is 0 Å². The Labute approximate surface area is 136 Å². The third-order valence-electron chi connectivity index (χ3n) is 3.58. The second-order valence-corrected chi connectivity index (χ2v) is 4.88. The lowest BCUT2D eigenvalue weighted by atomic mass is 10.2. The van der Waals surface area contributed by atoms with Gasteiger partial charge in [-0.1, -0.05) is 28.2 Å². The first-order chi connectivity index (χ1) is 9.33. The van der Waals surface area contributed by atoms with Gasteiger partial charge in [0.15, 0.2) is 0 Å². The molecule has 20 heavy (non-hydrogen) atoms. The number of allylic oxidation sites excluding steroid dienone is 2. The predicted octanol–water partition coefficient (Wildman–Crippen LogP) is -1.55. The van der Waals surface area contributed by atoms with Gasteiger partial charge in [0.2, 0.25) is 0 Å². The Morgan fingerprint density at radius 1 is 1.30 bits per heavy atom. The van der Waals surface area contributed by atoms with E-state index in [1.807, 2.05) is 6.08 Å². The molecule has 4 nitrogen and oxygen atoms in total. The van der Waals surface area contributed by atoms with Crippen molar-refractivity contribution < 1.29 is 24.0 Å². The number of nitrogens with zero attached hydrogens (tertiary/aromatic N) is 3. The van der Waals surface area contributed by atoms with Crippen molar-refractivity contribution in [2.24, 2.45) is 10.7 Å². The molecule has 0 atom stereocenters. The topological polar surface area (TPSA) is 55.7 Å². The van der Waals surface area contributed by atoms with Crippen molar-refractivity contribution in [3.63, 3.8) is 0 Å². The van der Waals surface area contributed by atoms with Gasteiger partial charge in [0.05, 0.1) is 0 Å². The number of guanidine groups is 1. The number of nitrogens with two attached hydrogens (primary N) is 1. The summed E-state index contributed by atoms with van der Waals surface area (Å²) in [6.07, 6.45) is 6.86. The Balaban J connectivity index is 0.00000147. The molecule has 2 aliphatic heterocycles. The van der Waals surface area contributed by atoms with Crippen LogP contribution in [0.5, 0.6) is 0 Å². The maximum Gasteiger partial charge on any atom is 0.423 e. The summed E-state index contributed by atoms with van der Waals surface area (Å²) in [6, 6.07) is 8.67. The minimum atomic E-state index is 0. The van der Waals surface area contributed by atoms with E-state index in [1.165, 1.54) is 11.3 Å². The van der Waals surface area contributed by atoms with Crippen molar-refractivity contribution in [1.82, 2.24) is 4.99 Å². The van der Waals surface area contributed by atoms with Crippen LogP contribution in [0.1, 0.15) is 18.4 Å². The summed E-state index contributed by atoms with van der Waals surface area (Å²) in [4.78, 5) is 10.6. The lowest BCUT2D eigenvalue weighted by molar-refractivity contribution is -0.00000410. The molecule has 0 saturated carbocycles. The summed E-state index contributed by atoms with van der Waals surface area (Å²) in [5, 5.41) is 0. The molecule has 105 valence electrons. The first-order valence-electron chi connectivity index (χ1n) is 6.73. The first-order valence-corrected chi connectivity index (χ1v) is 6.73. The van der Waals surface area contributed by atoms with Gasteiger partial charge in [-0.25, -0.2) is 0 Å². The fourth-order valence-corrected chi connectivity index (χ4v) is 2.64. The Morgan fingerprint density at radius 2 is 2.15 bits per heavy atom. The summed E-state index contributed by atoms with van der Waals surface area (Å²) in [5.74, 6) is 0.365. The number of fused-ring (bicyclic) bond motifs is 1. The van der Waals surface area contributed by atoms with Crippen molar-refractivity contribution >= 4 is 17.9 Å². The van der Waals surface area contributed by atoms with Gasteiger partial charge in [-0.15, -0.1) is 0 Å². The highest BCUT2D eigenvalue weighted by atomic mass is 127. The van der Waals surface area contributed by atoms with Crippen LogP contribution in [-0.4, -0.2) is 25.3 Å². The summed E-state index contributed by atoms with van der Waals surface area (Å²) < 4.78 is 0. The van der Waals surface area contributed by atoms with Gasteiger partial charge in [0.25, 0.3) is 0 Å². The van der Waals surface area contributed by atoms with E-state index in [9.17, 15) is 0 Å². The van der Waals surface area contributed by atoms with Gasteiger partial charge in [-0.05, 0) is 24.5 Å². The molecular weight excluding hydrogens is 363 g/mol. The van der Waals surface area contributed by atoms with E-state index in [4.69, 9.17) is 5.73 Å². The summed E-state index contributed by atoms with van der Waals surface area (Å²) in [7, 11) is 0. The molecule has 3 rings (SSSR count). The molecule has 0 aliphatic carbocycles. The summed E-state index contributed by atoms with van der Waals surface area (Å²) in [5.41, 5.74) is 9.47. The standard InChI is InChI=1S/C15H18N4.HI/c16-15-17-9-7-13(18-15)5-3-10-19-11-8-12-4-1-2-6-14(12)19;/h1-2,4,6-7,9H,3,5,8,10-11H2,(H2,16,18);1H/q+1;/p-1. The SMILES string of the molecule is NC1=NC(CCCN2CCc3ccccc32)=CC=[N+]1.[I-]. The normalized spacial score (nSPS) is 16.3. The van der Waals surface area contributed by atoms with E-state index in [0.29, 0.717) is 5.96 Å². The highest BCUT2D eigenvalue weighted by Gasteiger charge is 2.18. The fraction of sp³-hybridized carbons (Fsp3) is 0.333.